The van der Waals surface area contributed by atoms with Crippen molar-refractivity contribution in [1.82, 2.24) is 4.57 Å². The molecule has 8 aromatic carbocycles. The van der Waals surface area contributed by atoms with Crippen LogP contribution in [-0.4, -0.2) is 4.57 Å². The molecule has 0 amide bonds. The van der Waals surface area contributed by atoms with E-state index in [1.54, 1.807) is 0 Å². The molecule has 3 aliphatic rings. The molecule has 290 valence electrons. The second-order valence-electron chi connectivity index (χ2n) is 17.1. The lowest BCUT2D eigenvalue weighted by molar-refractivity contribution is 0.667. The zero-order chi connectivity index (χ0) is 40.3. The minimum Gasteiger partial charge on any atom is -0.453 e. The number of hydrogen-bond acceptors (Lipinski definition) is 4. The standard InChI is InChI=1S/C57H34N2OS2/c1-3-10-35(11-4-1)58(37-22-24-39-38-14-7-8-16-47(38)59(49(39)32-37)36-12-5-2-6-13-36)48-17-9-15-40-41-25-27-44-52(54(41)60-53(40)48)42-23-20-33-18-19-34-21-26-43(51(42)50(33)34)57(44)45-28-30-61-55(45)56-46(57)29-31-62-56/h1-17,20-32H,18-19H2. The third-order valence-corrected chi connectivity index (χ3v) is 16.2. The van der Waals surface area contributed by atoms with Crippen molar-refractivity contribution in [1.29, 1.82) is 0 Å². The Bertz CT molecular complexity index is 3830. The normalized spacial score (nSPS) is 14.1. The van der Waals surface area contributed by atoms with Gasteiger partial charge < -0.3 is 13.9 Å². The van der Waals surface area contributed by atoms with Crippen molar-refractivity contribution in [2.24, 2.45) is 0 Å². The van der Waals surface area contributed by atoms with Gasteiger partial charge in [0.2, 0.25) is 0 Å². The molecule has 0 bridgehead atoms. The molecule has 15 rings (SSSR count). The Kier molecular flexibility index (Phi) is 6.49. The van der Waals surface area contributed by atoms with Crippen LogP contribution in [0, 0.1) is 0 Å². The maximum atomic E-state index is 7.56. The van der Waals surface area contributed by atoms with Gasteiger partial charge in [-0.3, -0.25) is 0 Å². The zero-order valence-corrected chi connectivity index (χ0v) is 35.0. The minimum absolute atomic E-state index is 0.425. The summed E-state index contributed by atoms with van der Waals surface area (Å²) in [6.45, 7) is 0. The predicted octanol–water partition coefficient (Wildman–Crippen LogP) is 15.9. The van der Waals surface area contributed by atoms with E-state index in [1.165, 1.54) is 81.3 Å². The Morgan fingerprint density at radius 3 is 1.95 bits per heavy atom. The Morgan fingerprint density at radius 1 is 0.484 bits per heavy atom. The molecule has 0 saturated carbocycles. The fourth-order valence-electron chi connectivity index (χ4n) is 11.8. The molecule has 0 fully saturated rings. The number of furan rings is 1. The molecule has 0 aliphatic heterocycles. The van der Waals surface area contributed by atoms with Gasteiger partial charge in [0, 0.05) is 53.9 Å². The van der Waals surface area contributed by atoms with E-state index in [2.05, 4.69) is 190 Å². The Balaban J connectivity index is 1.03. The van der Waals surface area contributed by atoms with E-state index in [4.69, 9.17) is 4.42 Å². The lowest BCUT2D eigenvalue weighted by atomic mass is 9.61. The van der Waals surface area contributed by atoms with Gasteiger partial charge in [0.05, 0.1) is 22.1 Å². The molecule has 0 N–H and O–H groups in total. The van der Waals surface area contributed by atoms with Gasteiger partial charge in [-0.2, -0.15) is 0 Å². The SMILES string of the molecule is c1ccc(N(c2ccc3c4ccccc4n(-c4ccccc4)c3c2)c2cccc3c2oc2c4c(ccc23)C2(c3ccsc3-c3sccc32)c2ccc3c5c(ccc-4c25)CC3)cc1. The first-order valence-corrected chi connectivity index (χ1v) is 23.2. The molecule has 0 unspecified atom stereocenters. The highest BCUT2D eigenvalue weighted by Crippen LogP contribution is 2.66. The van der Waals surface area contributed by atoms with Crippen molar-refractivity contribution in [3.05, 3.63) is 214 Å². The molecule has 12 aromatic rings. The van der Waals surface area contributed by atoms with Crippen molar-refractivity contribution in [3.8, 4) is 26.6 Å². The van der Waals surface area contributed by atoms with Crippen molar-refractivity contribution in [3.63, 3.8) is 0 Å². The average molecular weight is 827 g/mol. The van der Waals surface area contributed by atoms with Crippen LogP contribution in [0.5, 0.6) is 0 Å². The molecule has 3 nitrogen and oxygen atoms in total. The Labute approximate surface area is 365 Å². The van der Waals surface area contributed by atoms with Crippen LogP contribution in [0.25, 0.3) is 81.1 Å². The number of benzene rings is 8. The molecule has 5 heteroatoms. The molecule has 1 spiro atoms. The lowest BCUT2D eigenvalue weighted by Gasteiger charge is -2.39. The number of aryl methyl sites for hydroxylation is 2. The first-order chi connectivity index (χ1) is 30.8. The smallest absolute Gasteiger partial charge is 0.159 e. The molecule has 0 saturated heterocycles. The van der Waals surface area contributed by atoms with Crippen molar-refractivity contribution < 1.29 is 4.42 Å². The maximum absolute atomic E-state index is 7.56. The molecular formula is C57H34N2OS2. The summed E-state index contributed by atoms with van der Waals surface area (Å²) in [5, 5.41) is 12.2. The van der Waals surface area contributed by atoms with Crippen LogP contribution in [0.3, 0.4) is 0 Å². The summed E-state index contributed by atoms with van der Waals surface area (Å²) in [5.41, 5.74) is 19.0. The number of anilines is 3. The molecule has 3 aliphatic carbocycles. The second kappa shape index (κ2) is 12.0. The first-order valence-electron chi connectivity index (χ1n) is 21.4. The van der Waals surface area contributed by atoms with Crippen LogP contribution in [0.15, 0.2) is 185 Å². The highest BCUT2D eigenvalue weighted by atomic mass is 32.1. The van der Waals surface area contributed by atoms with Gasteiger partial charge in [0.1, 0.15) is 5.58 Å². The summed E-state index contributed by atoms with van der Waals surface area (Å²) < 4.78 is 9.95. The van der Waals surface area contributed by atoms with E-state index >= 15 is 0 Å². The molecule has 0 atom stereocenters. The Hall–Kier alpha value is -7.18. The summed E-state index contributed by atoms with van der Waals surface area (Å²) in [4.78, 5) is 5.19. The fourth-order valence-corrected chi connectivity index (χ4v) is 13.9. The van der Waals surface area contributed by atoms with Gasteiger partial charge in [0.25, 0.3) is 0 Å². The highest BCUT2D eigenvalue weighted by Gasteiger charge is 2.52. The number of nitrogens with zero attached hydrogens (tertiary/aromatic N) is 2. The van der Waals surface area contributed by atoms with E-state index in [-0.39, 0.29) is 0 Å². The third kappa shape index (κ3) is 4.06. The number of aromatic nitrogens is 1. The largest absolute Gasteiger partial charge is 0.453 e. The number of rotatable bonds is 4. The molecule has 62 heavy (non-hydrogen) atoms. The van der Waals surface area contributed by atoms with E-state index in [1.807, 2.05) is 22.7 Å². The van der Waals surface area contributed by atoms with Gasteiger partial charge in [-0.05, 0) is 134 Å². The van der Waals surface area contributed by atoms with Gasteiger partial charge in [-0.15, -0.1) is 22.7 Å². The summed E-state index contributed by atoms with van der Waals surface area (Å²) in [6, 6.07) is 63.1. The van der Waals surface area contributed by atoms with Crippen molar-refractivity contribution >= 4 is 94.3 Å². The van der Waals surface area contributed by atoms with Crippen molar-refractivity contribution in [2.45, 2.75) is 18.3 Å². The zero-order valence-electron chi connectivity index (χ0n) is 33.4. The van der Waals surface area contributed by atoms with E-state index in [9.17, 15) is 0 Å². The first kappa shape index (κ1) is 33.5. The van der Waals surface area contributed by atoms with Crippen LogP contribution in [0.2, 0.25) is 0 Å². The quantitative estimate of drug-likeness (QED) is 0.176. The van der Waals surface area contributed by atoms with Crippen LogP contribution in [0.1, 0.15) is 33.4 Å². The van der Waals surface area contributed by atoms with Gasteiger partial charge >= 0.3 is 0 Å². The Morgan fingerprint density at radius 2 is 1.15 bits per heavy atom. The van der Waals surface area contributed by atoms with Crippen LogP contribution in [0.4, 0.5) is 17.1 Å². The number of thiophene rings is 2. The van der Waals surface area contributed by atoms with E-state index < -0.39 is 5.41 Å². The van der Waals surface area contributed by atoms with Crippen molar-refractivity contribution in [2.75, 3.05) is 4.90 Å². The minimum atomic E-state index is -0.425. The number of fused-ring (bicyclic) bond motifs is 16. The second-order valence-corrected chi connectivity index (χ2v) is 18.9. The van der Waals surface area contributed by atoms with Crippen LogP contribution < -0.4 is 4.90 Å². The number of hydrogen-bond donors (Lipinski definition) is 0. The van der Waals surface area contributed by atoms with E-state index in [0.717, 1.165) is 63.0 Å². The summed E-state index contributed by atoms with van der Waals surface area (Å²) >= 11 is 3.76. The highest BCUT2D eigenvalue weighted by molar-refractivity contribution is 7.21. The summed E-state index contributed by atoms with van der Waals surface area (Å²) in [5.74, 6) is 0. The average Bonchev–Trinajstić information content (AvgIpc) is 4.19. The number of para-hydroxylation sites is 4. The van der Waals surface area contributed by atoms with Gasteiger partial charge in [-0.25, -0.2) is 0 Å². The molecule has 4 aromatic heterocycles. The lowest BCUT2D eigenvalue weighted by Crippen LogP contribution is -2.31. The molecule has 0 radical (unpaired) electrons. The maximum Gasteiger partial charge on any atom is 0.159 e. The summed E-state index contributed by atoms with van der Waals surface area (Å²) in [6.07, 6.45) is 2.18. The van der Waals surface area contributed by atoms with Crippen LogP contribution >= 0.6 is 22.7 Å². The third-order valence-electron chi connectivity index (χ3n) is 14.3. The monoisotopic (exact) mass is 826 g/mol. The van der Waals surface area contributed by atoms with Crippen LogP contribution in [-0.2, 0) is 18.3 Å². The molecule has 4 heterocycles. The summed E-state index contributed by atoms with van der Waals surface area (Å²) in [7, 11) is 0. The molecular weight excluding hydrogens is 793 g/mol. The predicted molar refractivity (Wildman–Crippen MR) is 260 cm³/mol. The topological polar surface area (TPSA) is 21.3 Å². The van der Waals surface area contributed by atoms with Gasteiger partial charge in [0.15, 0.2) is 5.58 Å². The van der Waals surface area contributed by atoms with E-state index in [0.29, 0.717) is 0 Å². The fraction of sp³-hybridized carbons (Fsp3) is 0.0526. The van der Waals surface area contributed by atoms with Gasteiger partial charge in [-0.1, -0.05) is 109 Å².